The lowest BCUT2D eigenvalue weighted by Gasteiger charge is -2.14. The zero-order valence-electron chi connectivity index (χ0n) is 17.0. The van der Waals surface area contributed by atoms with E-state index < -0.39 is 0 Å². The number of rotatable bonds is 6. The van der Waals surface area contributed by atoms with Crippen molar-refractivity contribution in [1.29, 1.82) is 0 Å². The van der Waals surface area contributed by atoms with E-state index in [-0.39, 0.29) is 5.78 Å². The van der Waals surface area contributed by atoms with Gasteiger partial charge < -0.3 is 9.15 Å². The monoisotopic (exact) mass is 384 g/mol. The Morgan fingerprint density at radius 2 is 1.52 bits per heavy atom. The van der Waals surface area contributed by atoms with E-state index in [0.717, 1.165) is 46.3 Å². The third kappa shape index (κ3) is 3.33. The Labute approximate surface area is 170 Å². The average Bonchev–Trinajstić information content (AvgIpc) is 3.17. The van der Waals surface area contributed by atoms with Crippen molar-refractivity contribution in [2.24, 2.45) is 0 Å². The van der Waals surface area contributed by atoms with Gasteiger partial charge in [-0.15, -0.1) is 0 Å². The summed E-state index contributed by atoms with van der Waals surface area (Å²) in [5.74, 6) is 1.47. The van der Waals surface area contributed by atoms with Gasteiger partial charge in [-0.1, -0.05) is 62.4 Å². The second-order valence-corrected chi connectivity index (χ2v) is 7.03. The topological polar surface area (TPSA) is 39.4 Å². The number of para-hydroxylation sites is 1. The number of benzene rings is 3. The summed E-state index contributed by atoms with van der Waals surface area (Å²) in [7, 11) is 1.69. The third-order valence-corrected chi connectivity index (χ3v) is 5.33. The number of aryl methyl sites for hydroxylation is 2. The Balaban J connectivity index is 1.95. The first-order valence-electron chi connectivity index (χ1n) is 9.99. The molecule has 3 aromatic carbocycles. The summed E-state index contributed by atoms with van der Waals surface area (Å²) in [6.07, 6.45) is 1.60. The van der Waals surface area contributed by atoms with Crippen LogP contribution in [0.5, 0.6) is 5.75 Å². The van der Waals surface area contributed by atoms with Gasteiger partial charge in [0, 0.05) is 16.5 Å². The molecule has 0 saturated carbocycles. The standard InChI is InChI=1S/C26H24O3/c1-4-17-15-20(16-18(5-2)25(17)28-3)24(27)23-21-13-9-10-14-22(21)29-26(23)19-11-7-6-8-12-19/h6-16H,4-5H2,1-3H3. The van der Waals surface area contributed by atoms with E-state index >= 15 is 0 Å². The van der Waals surface area contributed by atoms with Crippen molar-refractivity contribution in [1.82, 2.24) is 0 Å². The molecule has 0 N–H and O–H groups in total. The number of methoxy groups -OCH3 is 1. The minimum Gasteiger partial charge on any atom is -0.496 e. The largest absolute Gasteiger partial charge is 0.496 e. The molecule has 0 aliphatic carbocycles. The molecule has 0 atom stereocenters. The fourth-order valence-electron chi connectivity index (χ4n) is 3.88. The Morgan fingerprint density at radius 3 is 2.14 bits per heavy atom. The van der Waals surface area contributed by atoms with E-state index in [4.69, 9.17) is 9.15 Å². The molecule has 0 saturated heterocycles. The summed E-state index contributed by atoms with van der Waals surface area (Å²) in [6, 6.07) is 21.4. The van der Waals surface area contributed by atoms with Crippen molar-refractivity contribution in [2.45, 2.75) is 26.7 Å². The van der Waals surface area contributed by atoms with Crippen LogP contribution in [0.3, 0.4) is 0 Å². The fourth-order valence-corrected chi connectivity index (χ4v) is 3.88. The van der Waals surface area contributed by atoms with Gasteiger partial charge in [-0.2, -0.15) is 0 Å². The smallest absolute Gasteiger partial charge is 0.197 e. The highest BCUT2D eigenvalue weighted by Gasteiger charge is 2.24. The van der Waals surface area contributed by atoms with Crippen LogP contribution in [0.2, 0.25) is 0 Å². The molecular formula is C26H24O3. The number of carbonyl (C=O) groups is 1. The number of ketones is 1. The normalized spacial score (nSPS) is 11.0. The van der Waals surface area contributed by atoms with Crippen LogP contribution in [0, 0.1) is 0 Å². The average molecular weight is 384 g/mol. The molecular weight excluding hydrogens is 360 g/mol. The number of fused-ring (bicyclic) bond motifs is 1. The minimum atomic E-state index is -0.0270. The summed E-state index contributed by atoms with van der Waals surface area (Å²) in [5, 5.41) is 0.836. The highest BCUT2D eigenvalue weighted by atomic mass is 16.5. The van der Waals surface area contributed by atoms with Gasteiger partial charge in [-0.05, 0) is 42.2 Å². The van der Waals surface area contributed by atoms with Crippen molar-refractivity contribution in [3.63, 3.8) is 0 Å². The maximum Gasteiger partial charge on any atom is 0.197 e. The van der Waals surface area contributed by atoms with E-state index in [1.54, 1.807) is 7.11 Å². The maximum atomic E-state index is 13.8. The van der Waals surface area contributed by atoms with Gasteiger partial charge in [0.25, 0.3) is 0 Å². The molecule has 0 spiro atoms. The van der Waals surface area contributed by atoms with Gasteiger partial charge in [-0.25, -0.2) is 0 Å². The number of hydrogen-bond donors (Lipinski definition) is 0. The van der Waals surface area contributed by atoms with Crippen LogP contribution in [0.1, 0.15) is 40.9 Å². The molecule has 0 unspecified atom stereocenters. The fraction of sp³-hybridized carbons (Fsp3) is 0.192. The van der Waals surface area contributed by atoms with Crippen molar-refractivity contribution in [2.75, 3.05) is 7.11 Å². The molecule has 146 valence electrons. The predicted molar refractivity (Wildman–Crippen MR) is 117 cm³/mol. The lowest BCUT2D eigenvalue weighted by molar-refractivity contribution is 0.104. The number of hydrogen-bond acceptors (Lipinski definition) is 3. The summed E-state index contributed by atoms with van der Waals surface area (Å²) < 4.78 is 11.8. The Hall–Kier alpha value is -3.33. The SMILES string of the molecule is CCc1cc(C(=O)c2c(-c3ccccc3)oc3ccccc23)cc(CC)c1OC. The first-order chi connectivity index (χ1) is 14.2. The van der Waals surface area contributed by atoms with Crippen LogP contribution >= 0.6 is 0 Å². The molecule has 3 nitrogen and oxygen atoms in total. The zero-order chi connectivity index (χ0) is 20.4. The van der Waals surface area contributed by atoms with Crippen LogP contribution in [0.15, 0.2) is 71.1 Å². The number of ether oxygens (including phenoxy) is 1. The lowest BCUT2D eigenvalue weighted by atomic mass is 9.93. The Morgan fingerprint density at radius 1 is 0.897 bits per heavy atom. The first-order valence-corrected chi connectivity index (χ1v) is 9.99. The van der Waals surface area contributed by atoms with Crippen LogP contribution in [0.4, 0.5) is 0 Å². The molecule has 0 bridgehead atoms. The number of furan rings is 1. The lowest BCUT2D eigenvalue weighted by Crippen LogP contribution is -2.06. The summed E-state index contributed by atoms with van der Waals surface area (Å²) in [5.41, 5.74) is 4.99. The van der Waals surface area contributed by atoms with Gasteiger partial charge in [0.2, 0.25) is 0 Å². The van der Waals surface area contributed by atoms with Crippen LogP contribution < -0.4 is 4.74 Å². The van der Waals surface area contributed by atoms with Gasteiger partial charge in [0.05, 0.1) is 12.7 Å². The van der Waals surface area contributed by atoms with E-state index in [9.17, 15) is 4.79 Å². The van der Waals surface area contributed by atoms with Gasteiger partial charge >= 0.3 is 0 Å². The summed E-state index contributed by atoms with van der Waals surface area (Å²) in [4.78, 5) is 13.8. The van der Waals surface area contributed by atoms with Crippen molar-refractivity contribution >= 4 is 16.8 Å². The van der Waals surface area contributed by atoms with Crippen molar-refractivity contribution in [3.05, 3.63) is 89.0 Å². The molecule has 3 heteroatoms. The van der Waals surface area contributed by atoms with Gasteiger partial charge in [0.1, 0.15) is 17.1 Å². The quantitative estimate of drug-likeness (QED) is 0.358. The molecule has 29 heavy (non-hydrogen) atoms. The van der Waals surface area contributed by atoms with Crippen molar-refractivity contribution in [3.8, 4) is 17.1 Å². The molecule has 1 heterocycles. The second-order valence-electron chi connectivity index (χ2n) is 7.03. The molecule has 0 aliphatic rings. The highest BCUT2D eigenvalue weighted by Crippen LogP contribution is 2.36. The molecule has 0 fully saturated rings. The third-order valence-electron chi connectivity index (χ3n) is 5.33. The zero-order valence-corrected chi connectivity index (χ0v) is 17.0. The van der Waals surface area contributed by atoms with E-state index in [1.807, 2.05) is 66.7 Å². The van der Waals surface area contributed by atoms with Crippen molar-refractivity contribution < 1.29 is 13.9 Å². The molecule has 0 amide bonds. The first kappa shape index (κ1) is 19.0. The van der Waals surface area contributed by atoms with Crippen LogP contribution in [-0.2, 0) is 12.8 Å². The maximum absolute atomic E-state index is 13.8. The Kier molecular flexibility index (Phi) is 5.22. The molecule has 4 rings (SSSR count). The van der Waals surface area contributed by atoms with E-state index in [1.165, 1.54) is 0 Å². The number of carbonyl (C=O) groups excluding carboxylic acids is 1. The van der Waals surface area contributed by atoms with E-state index in [0.29, 0.717) is 16.9 Å². The Bertz CT molecular complexity index is 1140. The summed E-state index contributed by atoms with van der Waals surface area (Å²) in [6.45, 7) is 4.16. The van der Waals surface area contributed by atoms with Gasteiger partial charge in [0.15, 0.2) is 5.78 Å². The van der Waals surface area contributed by atoms with Crippen LogP contribution in [-0.4, -0.2) is 12.9 Å². The highest BCUT2D eigenvalue weighted by molar-refractivity contribution is 6.19. The van der Waals surface area contributed by atoms with Gasteiger partial charge in [-0.3, -0.25) is 4.79 Å². The van der Waals surface area contributed by atoms with Crippen LogP contribution in [0.25, 0.3) is 22.3 Å². The van der Waals surface area contributed by atoms with E-state index in [2.05, 4.69) is 13.8 Å². The predicted octanol–water partition coefficient (Wildman–Crippen LogP) is 6.46. The minimum absolute atomic E-state index is 0.0270. The molecule has 4 aromatic rings. The molecule has 0 radical (unpaired) electrons. The molecule has 1 aromatic heterocycles. The summed E-state index contributed by atoms with van der Waals surface area (Å²) >= 11 is 0. The second kappa shape index (κ2) is 7.96. The molecule has 0 aliphatic heterocycles.